The Kier molecular flexibility index (Phi) is 3.60. The second-order valence-corrected chi connectivity index (χ2v) is 7.99. The van der Waals surface area contributed by atoms with Crippen molar-refractivity contribution in [1.29, 1.82) is 0 Å². The second kappa shape index (κ2) is 5.01. The van der Waals surface area contributed by atoms with Crippen LogP contribution in [-0.2, 0) is 9.53 Å². The number of hydrogen-bond donors (Lipinski definition) is 1. The molecule has 1 aliphatic heterocycles. The zero-order valence-electron chi connectivity index (χ0n) is 13.2. The highest BCUT2D eigenvalue weighted by atomic mass is 16.5. The van der Waals surface area contributed by atoms with Crippen LogP contribution in [0.25, 0.3) is 0 Å². The Bertz CT molecular complexity index is 386. The molecule has 3 heteroatoms. The molecule has 1 heterocycles. The highest BCUT2D eigenvalue weighted by Crippen LogP contribution is 2.66. The van der Waals surface area contributed by atoms with E-state index < -0.39 is 0 Å². The summed E-state index contributed by atoms with van der Waals surface area (Å²) in [6, 6.07) is 0. The summed E-state index contributed by atoms with van der Waals surface area (Å²) in [5.74, 6) is 1.45. The van der Waals surface area contributed by atoms with E-state index in [1.807, 2.05) is 0 Å². The van der Waals surface area contributed by atoms with Crippen LogP contribution < -0.4 is 5.32 Å². The Labute approximate surface area is 122 Å². The molecule has 114 valence electrons. The van der Waals surface area contributed by atoms with Crippen LogP contribution in [0.1, 0.15) is 59.3 Å². The zero-order chi connectivity index (χ0) is 14.4. The van der Waals surface area contributed by atoms with Crippen molar-refractivity contribution in [2.75, 3.05) is 13.1 Å². The lowest BCUT2D eigenvalue weighted by Gasteiger charge is -2.38. The van der Waals surface area contributed by atoms with Gasteiger partial charge in [-0.2, -0.15) is 0 Å². The van der Waals surface area contributed by atoms with Crippen molar-refractivity contribution in [3.8, 4) is 0 Å². The molecular formula is C17H29NO2. The van der Waals surface area contributed by atoms with Crippen LogP contribution in [0.5, 0.6) is 0 Å². The Morgan fingerprint density at radius 1 is 1.30 bits per heavy atom. The monoisotopic (exact) mass is 279 g/mol. The predicted octanol–water partition coefficient (Wildman–Crippen LogP) is 3.13. The quantitative estimate of drug-likeness (QED) is 0.804. The van der Waals surface area contributed by atoms with Crippen LogP contribution in [-0.4, -0.2) is 25.2 Å². The summed E-state index contributed by atoms with van der Waals surface area (Å²) in [6.45, 7) is 9.24. The molecule has 1 N–H and O–H groups in total. The van der Waals surface area contributed by atoms with Gasteiger partial charge >= 0.3 is 5.97 Å². The number of hydrogen-bond acceptors (Lipinski definition) is 3. The number of nitrogens with one attached hydrogen (secondary N) is 1. The molecule has 20 heavy (non-hydrogen) atoms. The lowest BCUT2D eigenvalue weighted by molar-refractivity contribution is -0.157. The molecule has 0 aromatic heterocycles. The third kappa shape index (κ3) is 2.18. The van der Waals surface area contributed by atoms with Gasteiger partial charge < -0.3 is 10.1 Å². The summed E-state index contributed by atoms with van der Waals surface area (Å²) in [7, 11) is 0. The largest absolute Gasteiger partial charge is 0.462 e. The standard InChI is InChI=1S/C17H29NO2/c1-16(2)13-6-8-17(16,3)14(10-13)20-15(19)5-4-12-7-9-18-11-12/h12-14,18H,4-11H2,1-3H3. The van der Waals surface area contributed by atoms with Crippen LogP contribution in [0.2, 0.25) is 0 Å². The fourth-order valence-corrected chi connectivity index (χ4v) is 4.81. The highest BCUT2D eigenvalue weighted by molar-refractivity contribution is 5.69. The van der Waals surface area contributed by atoms with E-state index in [0.29, 0.717) is 17.8 Å². The first kappa shape index (κ1) is 14.4. The number of esters is 1. The topological polar surface area (TPSA) is 38.3 Å². The van der Waals surface area contributed by atoms with Crippen LogP contribution in [0.4, 0.5) is 0 Å². The average molecular weight is 279 g/mol. The van der Waals surface area contributed by atoms with Crippen molar-refractivity contribution in [1.82, 2.24) is 5.32 Å². The van der Waals surface area contributed by atoms with Gasteiger partial charge in [-0.1, -0.05) is 20.8 Å². The Balaban J connectivity index is 1.52. The van der Waals surface area contributed by atoms with Gasteiger partial charge in [0.05, 0.1) is 0 Å². The van der Waals surface area contributed by atoms with E-state index in [9.17, 15) is 4.79 Å². The van der Waals surface area contributed by atoms with E-state index in [0.717, 1.165) is 31.8 Å². The van der Waals surface area contributed by atoms with E-state index in [-0.39, 0.29) is 17.5 Å². The lowest BCUT2D eigenvalue weighted by Crippen LogP contribution is -2.38. The van der Waals surface area contributed by atoms with Gasteiger partial charge in [0.15, 0.2) is 0 Å². The first-order valence-corrected chi connectivity index (χ1v) is 8.34. The number of ether oxygens (including phenoxy) is 1. The number of carbonyl (C=O) groups is 1. The molecule has 0 spiro atoms. The summed E-state index contributed by atoms with van der Waals surface area (Å²) in [6.07, 6.45) is 6.57. The fourth-order valence-electron chi connectivity index (χ4n) is 4.81. The van der Waals surface area contributed by atoms with Crippen molar-refractivity contribution in [2.24, 2.45) is 22.7 Å². The summed E-state index contributed by atoms with van der Waals surface area (Å²) in [5.41, 5.74) is 0.523. The van der Waals surface area contributed by atoms with Gasteiger partial charge in [-0.25, -0.2) is 0 Å². The van der Waals surface area contributed by atoms with E-state index >= 15 is 0 Å². The van der Waals surface area contributed by atoms with Gasteiger partial charge in [0.25, 0.3) is 0 Å². The maximum atomic E-state index is 12.1. The molecule has 0 aromatic rings. The first-order chi connectivity index (χ1) is 9.43. The smallest absolute Gasteiger partial charge is 0.306 e. The summed E-state index contributed by atoms with van der Waals surface area (Å²) >= 11 is 0. The van der Waals surface area contributed by atoms with E-state index in [1.165, 1.54) is 19.3 Å². The molecule has 2 bridgehead atoms. The molecule has 1 saturated heterocycles. The van der Waals surface area contributed by atoms with Gasteiger partial charge in [0, 0.05) is 11.8 Å². The third-order valence-electron chi connectivity index (χ3n) is 6.91. The minimum atomic E-state index is 0.0338. The highest BCUT2D eigenvalue weighted by Gasteiger charge is 2.62. The molecule has 4 atom stereocenters. The molecule has 3 rings (SSSR count). The van der Waals surface area contributed by atoms with Crippen molar-refractivity contribution < 1.29 is 9.53 Å². The van der Waals surface area contributed by atoms with Gasteiger partial charge in [-0.3, -0.25) is 4.79 Å². The summed E-state index contributed by atoms with van der Waals surface area (Å²) in [5, 5.41) is 3.36. The SMILES string of the molecule is CC1(C)C2CCC1(C)C(OC(=O)CCC1CCNC1)C2. The van der Waals surface area contributed by atoms with Crippen LogP contribution in [0, 0.1) is 22.7 Å². The number of rotatable bonds is 4. The first-order valence-electron chi connectivity index (χ1n) is 8.34. The van der Waals surface area contributed by atoms with Gasteiger partial charge in [0.2, 0.25) is 0 Å². The van der Waals surface area contributed by atoms with Crippen LogP contribution in [0.15, 0.2) is 0 Å². The normalized spacial score (nSPS) is 42.0. The van der Waals surface area contributed by atoms with Gasteiger partial charge in [-0.15, -0.1) is 0 Å². The molecule has 3 nitrogen and oxygen atoms in total. The van der Waals surface area contributed by atoms with E-state index in [2.05, 4.69) is 26.1 Å². The Morgan fingerprint density at radius 2 is 2.10 bits per heavy atom. The van der Waals surface area contributed by atoms with Crippen LogP contribution >= 0.6 is 0 Å². The number of carbonyl (C=O) groups excluding carboxylic acids is 1. The zero-order valence-corrected chi connectivity index (χ0v) is 13.2. The maximum Gasteiger partial charge on any atom is 0.306 e. The molecular weight excluding hydrogens is 250 g/mol. The molecule has 0 aromatic carbocycles. The van der Waals surface area contributed by atoms with Crippen molar-refractivity contribution in [3.05, 3.63) is 0 Å². The molecule has 0 amide bonds. The lowest BCUT2D eigenvalue weighted by atomic mass is 9.70. The minimum Gasteiger partial charge on any atom is -0.462 e. The molecule has 4 unspecified atom stereocenters. The molecule has 2 aliphatic carbocycles. The van der Waals surface area contributed by atoms with Crippen LogP contribution in [0.3, 0.4) is 0 Å². The van der Waals surface area contributed by atoms with Gasteiger partial charge in [0.1, 0.15) is 6.10 Å². The van der Waals surface area contributed by atoms with Crippen molar-refractivity contribution >= 4 is 5.97 Å². The molecule has 3 aliphatic rings. The van der Waals surface area contributed by atoms with E-state index in [4.69, 9.17) is 4.74 Å². The average Bonchev–Trinajstić information content (AvgIpc) is 3.02. The van der Waals surface area contributed by atoms with Gasteiger partial charge in [-0.05, 0) is 62.4 Å². The second-order valence-electron chi connectivity index (χ2n) is 7.99. The Morgan fingerprint density at radius 3 is 2.65 bits per heavy atom. The van der Waals surface area contributed by atoms with Crippen molar-refractivity contribution in [2.45, 2.75) is 65.4 Å². The molecule has 3 fully saturated rings. The predicted molar refractivity (Wildman–Crippen MR) is 79.3 cm³/mol. The van der Waals surface area contributed by atoms with E-state index in [1.54, 1.807) is 0 Å². The Hall–Kier alpha value is -0.570. The summed E-state index contributed by atoms with van der Waals surface area (Å²) < 4.78 is 5.88. The number of fused-ring (bicyclic) bond motifs is 2. The minimum absolute atomic E-state index is 0.0338. The molecule has 0 radical (unpaired) electrons. The maximum absolute atomic E-state index is 12.1. The van der Waals surface area contributed by atoms with Crippen molar-refractivity contribution in [3.63, 3.8) is 0 Å². The summed E-state index contributed by atoms with van der Waals surface area (Å²) in [4.78, 5) is 12.1. The molecule has 2 saturated carbocycles. The third-order valence-corrected chi connectivity index (χ3v) is 6.91. The fraction of sp³-hybridized carbons (Fsp3) is 0.941.